The Morgan fingerprint density at radius 3 is 2.58 bits per heavy atom. The Labute approximate surface area is 191 Å². The molecule has 9 heteroatoms. The predicted octanol–water partition coefficient (Wildman–Crippen LogP) is 3.75. The van der Waals surface area contributed by atoms with Gasteiger partial charge in [-0.25, -0.2) is 0 Å². The Kier molecular flexibility index (Phi) is 6.36. The SMILES string of the molecule is CCCOc1ccc(Cc2nn3c(=O)/c(=C\c4ccc(Cl)c(Cl)c4)sc3nc2=O)cc1. The molecule has 0 unspecified atom stereocenters. The summed E-state index contributed by atoms with van der Waals surface area (Å²) < 4.78 is 7.14. The van der Waals surface area contributed by atoms with Crippen LogP contribution in [0.1, 0.15) is 30.2 Å². The quantitative estimate of drug-likeness (QED) is 0.426. The van der Waals surface area contributed by atoms with Crippen LogP contribution < -0.4 is 20.4 Å². The molecule has 2 aromatic carbocycles. The summed E-state index contributed by atoms with van der Waals surface area (Å²) in [6.07, 6.45) is 2.87. The van der Waals surface area contributed by atoms with Gasteiger partial charge in [-0.2, -0.15) is 14.6 Å². The third-order valence-electron chi connectivity index (χ3n) is 4.46. The molecule has 0 saturated carbocycles. The summed E-state index contributed by atoms with van der Waals surface area (Å²) in [5.74, 6) is 0.769. The molecule has 0 spiro atoms. The maximum absolute atomic E-state index is 12.8. The van der Waals surface area contributed by atoms with Crippen LogP contribution in [-0.4, -0.2) is 21.2 Å². The number of hydrogen-bond acceptors (Lipinski definition) is 6. The van der Waals surface area contributed by atoms with Crippen LogP contribution in [0.2, 0.25) is 10.0 Å². The van der Waals surface area contributed by atoms with E-state index in [4.69, 9.17) is 27.9 Å². The molecular formula is C22H17Cl2N3O3S. The van der Waals surface area contributed by atoms with Gasteiger partial charge in [0, 0.05) is 6.42 Å². The number of fused-ring (bicyclic) bond motifs is 1. The fourth-order valence-corrected chi connectivity index (χ4v) is 4.13. The lowest BCUT2D eigenvalue weighted by Gasteiger charge is -2.05. The normalized spacial score (nSPS) is 11.9. The van der Waals surface area contributed by atoms with Crippen LogP contribution >= 0.6 is 34.5 Å². The summed E-state index contributed by atoms with van der Waals surface area (Å²) in [6, 6.07) is 12.5. The molecule has 0 aliphatic carbocycles. The zero-order chi connectivity index (χ0) is 22.0. The smallest absolute Gasteiger partial charge is 0.296 e. The van der Waals surface area contributed by atoms with Crippen molar-refractivity contribution in [2.45, 2.75) is 19.8 Å². The number of ether oxygens (including phenoxy) is 1. The first-order valence-electron chi connectivity index (χ1n) is 9.56. The van der Waals surface area contributed by atoms with Gasteiger partial charge in [0.2, 0.25) is 4.96 Å². The number of thiazole rings is 1. The second-order valence-corrected chi connectivity index (χ2v) is 8.64. The van der Waals surface area contributed by atoms with Crippen molar-refractivity contribution >= 4 is 45.6 Å². The number of halogens is 2. The fraction of sp³-hybridized carbons (Fsp3) is 0.182. The number of benzene rings is 2. The van der Waals surface area contributed by atoms with E-state index in [1.165, 1.54) is 4.52 Å². The van der Waals surface area contributed by atoms with Crippen LogP contribution in [0.15, 0.2) is 52.1 Å². The molecule has 0 amide bonds. The molecule has 31 heavy (non-hydrogen) atoms. The van der Waals surface area contributed by atoms with Gasteiger partial charge in [-0.1, -0.05) is 59.7 Å². The minimum absolute atomic E-state index is 0.204. The molecule has 0 atom stereocenters. The van der Waals surface area contributed by atoms with Crippen molar-refractivity contribution in [2.75, 3.05) is 6.61 Å². The molecule has 4 rings (SSSR count). The second kappa shape index (κ2) is 9.18. The maximum atomic E-state index is 12.8. The van der Waals surface area contributed by atoms with Crippen LogP contribution in [-0.2, 0) is 6.42 Å². The van der Waals surface area contributed by atoms with E-state index in [1.807, 2.05) is 31.2 Å². The molecular weight excluding hydrogens is 457 g/mol. The van der Waals surface area contributed by atoms with E-state index < -0.39 is 5.56 Å². The summed E-state index contributed by atoms with van der Waals surface area (Å²) in [5.41, 5.74) is 1.000. The van der Waals surface area contributed by atoms with Gasteiger partial charge in [0.05, 0.1) is 21.2 Å². The van der Waals surface area contributed by atoms with E-state index in [2.05, 4.69) is 10.1 Å². The average Bonchev–Trinajstić information content (AvgIpc) is 3.05. The van der Waals surface area contributed by atoms with Crippen LogP contribution in [0, 0.1) is 0 Å². The van der Waals surface area contributed by atoms with Crippen LogP contribution in [0.4, 0.5) is 0 Å². The molecule has 0 bridgehead atoms. The van der Waals surface area contributed by atoms with Gasteiger partial charge < -0.3 is 4.74 Å². The molecule has 0 aliphatic heterocycles. The first-order valence-corrected chi connectivity index (χ1v) is 11.1. The van der Waals surface area contributed by atoms with E-state index in [1.54, 1.807) is 24.3 Å². The Morgan fingerprint density at radius 2 is 1.87 bits per heavy atom. The summed E-state index contributed by atoms with van der Waals surface area (Å²) in [5, 5.41) is 5.10. The Balaban J connectivity index is 1.67. The van der Waals surface area contributed by atoms with Crippen molar-refractivity contribution in [3.8, 4) is 5.75 Å². The minimum atomic E-state index is -0.450. The standard InChI is InChI=1S/C22H17Cl2N3O3S/c1-2-9-30-15-6-3-13(4-7-15)11-18-20(28)25-22-27(26-18)21(29)19(31-22)12-14-5-8-16(23)17(24)10-14/h3-8,10,12H,2,9,11H2,1H3/b19-12+. The maximum Gasteiger partial charge on any atom is 0.296 e. The Hall–Kier alpha value is -2.74. The monoisotopic (exact) mass is 473 g/mol. The minimum Gasteiger partial charge on any atom is -0.494 e. The molecule has 0 aliphatic rings. The number of hydrogen-bond donors (Lipinski definition) is 0. The third kappa shape index (κ3) is 4.79. The van der Waals surface area contributed by atoms with Crippen molar-refractivity contribution in [1.29, 1.82) is 0 Å². The van der Waals surface area contributed by atoms with E-state index >= 15 is 0 Å². The fourth-order valence-electron chi connectivity index (χ4n) is 2.92. The summed E-state index contributed by atoms with van der Waals surface area (Å²) >= 11 is 13.1. The highest BCUT2D eigenvalue weighted by molar-refractivity contribution is 7.15. The Morgan fingerprint density at radius 1 is 1.10 bits per heavy atom. The predicted molar refractivity (Wildman–Crippen MR) is 124 cm³/mol. The average molecular weight is 474 g/mol. The van der Waals surface area contributed by atoms with Crippen molar-refractivity contribution in [2.24, 2.45) is 0 Å². The highest BCUT2D eigenvalue weighted by Gasteiger charge is 2.12. The first kappa shape index (κ1) is 21.5. The van der Waals surface area contributed by atoms with Gasteiger partial charge in [-0.3, -0.25) is 9.59 Å². The molecule has 158 valence electrons. The van der Waals surface area contributed by atoms with E-state index in [0.29, 0.717) is 26.7 Å². The van der Waals surface area contributed by atoms with Gasteiger partial charge in [-0.15, -0.1) is 0 Å². The van der Waals surface area contributed by atoms with Crippen molar-refractivity contribution in [1.82, 2.24) is 14.6 Å². The lowest BCUT2D eigenvalue weighted by molar-refractivity contribution is 0.317. The summed E-state index contributed by atoms with van der Waals surface area (Å²) in [7, 11) is 0. The lowest BCUT2D eigenvalue weighted by atomic mass is 10.1. The molecule has 2 aromatic heterocycles. The number of aromatic nitrogens is 3. The molecule has 2 heterocycles. The summed E-state index contributed by atoms with van der Waals surface area (Å²) in [6.45, 7) is 2.69. The van der Waals surface area contributed by atoms with Crippen molar-refractivity contribution in [3.63, 3.8) is 0 Å². The third-order valence-corrected chi connectivity index (χ3v) is 6.16. The van der Waals surface area contributed by atoms with Gasteiger partial charge >= 0.3 is 0 Å². The van der Waals surface area contributed by atoms with Gasteiger partial charge in [0.25, 0.3) is 11.1 Å². The van der Waals surface area contributed by atoms with Gasteiger partial charge in [0.1, 0.15) is 11.4 Å². The second-order valence-electron chi connectivity index (χ2n) is 6.82. The number of nitrogens with zero attached hydrogens (tertiary/aromatic N) is 3. The topological polar surface area (TPSA) is 73.6 Å². The largest absolute Gasteiger partial charge is 0.494 e. The molecule has 0 radical (unpaired) electrons. The van der Waals surface area contributed by atoms with E-state index in [9.17, 15) is 9.59 Å². The van der Waals surface area contributed by atoms with Gasteiger partial charge in [-0.05, 0) is 47.9 Å². The van der Waals surface area contributed by atoms with Crippen LogP contribution in [0.5, 0.6) is 5.75 Å². The van der Waals surface area contributed by atoms with Crippen molar-refractivity contribution in [3.05, 3.63) is 94.6 Å². The lowest BCUT2D eigenvalue weighted by Crippen LogP contribution is -2.28. The van der Waals surface area contributed by atoms with Crippen molar-refractivity contribution < 1.29 is 4.74 Å². The molecule has 4 aromatic rings. The van der Waals surface area contributed by atoms with E-state index in [0.717, 1.165) is 29.1 Å². The highest BCUT2D eigenvalue weighted by Crippen LogP contribution is 2.22. The number of rotatable bonds is 6. The van der Waals surface area contributed by atoms with E-state index in [-0.39, 0.29) is 22.6 Å². The molecule has 6 nitrogen and oxygen atoms in total. The molecule has 0 fully saturated rings. The molecule has 0 N–H and O–H groups in total. The van der Waals surface area contributed by atoms with Gasteiger partial charge in [0.15, 0.2) is 0 Å². The Bertz CT molecular complexity index is 1420. The first-order chi connectivity index (χ1) is 14.9. The zero-order valence-electron chi connectivity index (χ0n) is 16.5. The molecule has 0 saturated heterocycles. The highest BCUT2D eigenvalue weighted by atomic mass is 35.5. The van der Waals surface area contributed by atoms with Crippen LogP contribution in [0.3, 0.4) is 0 Å². The summed E-state index contributed by atoms with van der Waals surface area (Å²) in [4.78, 5) is 29.6. The zero-order valence-corrected chi connectivity index (χ0v) is 18.8. The van der Waals surface area contributed by atoms with Crippen LogP contribution in [0.25, 0.3) is 11.0 Å².